The van der Waals surface area contributed by atoms with Gasteiger partial charge in [-0.05, 0) is 87.8 Å². The van der Waals surface area contributed by atoms with E-state index in [0.717, 1.165) is 0 Å². The van der Waals surface area contributed by atoms with Gasteiger partial charge in [0, 0.05) is 0 Å². The number of hydrogen-bond acceptors (Lipinski definition) is 0. The summed E-state index contributed by atoms with van der Waals surface area (Å²) in [4.78, 5) is 0. The van der Waals surface area contributed by atoms with E-state index < -0.39 is 0 Å². The molecule has 0 aliphatic rings. The summed E-state index contributed by atoms with van der Waals surface area (Å²) in [5, 5.41) is 0. The van der Waals surface area contributed by atoms with Crippen LogP contribution >= 0.6 is 0 Å². The Hall–Kier alpha value is -1.30. The molecule has 0 nitrogen and oxygen atoms in total. The molecule has 0 heteroatoms. The summed E-state index contributed by atoms with van der Waals surface area (Å²) in [6.45, 7) is 20.1. The van der Waals surface area contributed by atoms with E-state index in [4.69, 9.17) is 0 Å². The third-order valence-electron chi connectivity index (χ3n) is 4.61. The van der Waals surface area contributed by atoms with Gasteiger partial charge in [-0.25, -0.2) is 0 Å². The molecule has 110 valence electrons. The summed E-state index contributed by atoms with van der Waals surface area (Å²) in [5.41, 5.74) is 11.4. The lowest BCUT2D eigenvalue weighted by Gasteiger charge is -2.21. The molecule has 0 saturated carbocycles. The van der Waals surface area contributed by atoms with Crippen molar-refractivity contribution in [1.82, 2.24) is 0 Å². The van der Waals surface area contributed by atoms with Crippen molar-refractivity contribution in [2.45, 2.75) is 68.2 Å². The first-order chi connectivity index (χ1) is 9.18. The van der Waals surface area contributed by atoms with Gasteiger partial charge < -0.3 is 0 Å². The maximum absolute atomic E-state index is 2.29. The highest BCUT2D eigenvalue weighted by atomic mass is 14.2. The fourth-order valence-corrected chi connectivity index (χ4v) is 2.86. The molecular weight excluding hydrogens is 240 g/mol. The van der Waals surface area contributed by atoms with Crippen molar-refractivity contribution < 1.29 is 0 Å². The minimum Gasteiger partial charge on any atom is -0.0735 e. The molecule has 0 N–H and O–H groups in total. The lowest BCUT2D eigenvalue weighted by atomic mass is 9.84. The van der Waals surface area contributed by atoms with Gasteiger partial charge in [0.2, 0.25) is 0 Å². The van der Waals surface area contributed by atoms with Crippen molar-refractivity contribution in [1.29, 1.82) is 0 Å². The van der Waals surface area contributed by atoms with E-state index in [1.165, 1.54) is 44.5 Å². The molecule has 1 aromatic rings. The molecule has 0 aliphatic heterocycles. The number of hydrogen-bond donors (Lipinski definition) is 0. The molecule has 20 heavy (non-hydrogen) atoms. The van der Waals surface area contributed by atoms with Gasteiger partial charge in [0.1, 0.15) is 0 Å². The summed E-state index contributed by atoms with van der Waals surface area (Å²) in [6.07, 6.45) is 4.54. The molecule has 0 bridgehead atoms. The van der Waals surface area contributed by atoms with E-state index in [1.54, 1.807) is 0 Å². The molecule has 0 saturated heterocycles. The molecule has 0 unspecified atom stereocenters. The first-order valence-electron chi connectivity index (χ1n) is 7.60. The lowest BCUT2D eigenvalue weighted by molar-refractivity contribution is 0.839. The Bertz CT molecular complexity index is 533. The van der Waals surface area contributed by atoms with Crippen LogP contribution in [0.2, 0.25) is 0 Å². The smallest absolute Gasteiger partial charge is 0.0192 e. The third kappa shape index (κ3) is 3.23. The van der Waals surface area contributed by atoms with Gasteiger partial charge in [0.05, 0.1) is 0 Å². The summed E-state index contributed by atoms with van der Waals surface area (Å²) in [7, 11) is 0. The second-order valence-corrected chi connectivity index (χ2v) is 6.50. The Labute approximate surface area is 125 Å². The van der Waals surface area contributed by atoms with Crippen molar-refractivity contribution in [2.75, 3.05) is 0 Å². The van der Waals surface area contributed by atoms with Crippen molar-refractivity contribution in [2.24, 2.45) is 0 Å². The number of allylic oxidation sites excluding steroid dienone is 3. The lowest BCUT2D eigenvalue weighted by Crippen LogP contribution is -2.04. The Morgan fingerprint density at radius 1 is 0.800 bits per heavy atom. The Morgan fingerprint density at radius 3 is 1.60 bits per heavy atom. The van der Waals surface area contributed by atoms with Gasteiger partial charge in [-0.15, -0.1) is 0 Å². The predicted octanol–water partition coefficient (Wildman–Crippen LogP) is 6.41. The largest absolute Gasteiger partial charge is 0.0735 e. The van der Waals surface area contributed by atoms with Crippen LogP contribution < -0.4 is 0 Å². The molecular formula is C20H30. The van der Waals surface area contributed by atoms with E-state index in [0.29, 0.717) is 5.92 Å². The topological polar surface area (TPSA) is 0 Å². The van der Waals surface area contributed by atoms with Crippen LogP contribution in [-0.2, 0) is 0 Å². The first-order valence-corrected chi connectivity index (χ1v) is 7.60. The second-order valence-electron chi connectivity index (χ2n) is 6.50. The van der Waals surface area contributed by atoms with E-state index in [1.807, 2.05) is 0 Å². The fourth-order valence-electron chi connectivity index (χ4n) is 2.86. The minimum atomic E-state index is 0.588. The highest BCUT2D eigenvalue weighted by Crippen LogP contribution is 2.32. The molecule has 0 fully saturated rings. The molecule has 0 atom stereocenters. The molecule has 0 aliphatic carbocycles. The fraction of sp³-hybridized carbons (Fsp3) is 0.500. The summed E-state index contributed by atoms with van der Waals surface area (Å²) in [5.74, 6) is 0.588. The number of benzene rings is 1. The zero-order valence-electron chi connectivity index (χ0n) is 14.7. The molecule has 0 spiro atoms. The average Bonchev–Trinajstić information content (AvgIpc) is 2.35. The van der Waals surface area contributed by atoms with Gasteiger partial charge in [-0.2, -0.15) is 0 Å². The zero-order valence-corrected chi connectivity index (χ0v) is 14.7. The van der Waals surface area contributed by atoms with Crippen molar-refractivity contribution in [3.8, 4) is 0 Å². The van der Waals surface area contributed by atoms with Gasteiger partial charge >= 0.3 is 0 Å². The van der Waals surface area contributed by atoms with Crippen LogP contribution in [0.3, 0.4) is 0 Å². The molecule has 1 rings (SSSR count). The third-order valence-corrected chi connectivity index (χ3v) is 4.61. The van der Waals surface area contributed by atoms with Crippen LogP contribution in [0.1, 0.15) is 73.9 Å². The quantitative estimate of drug-likeness (QED) is 0.556. The van der Waals surface area contributed by atoms with Crippen molar-refractivity contribution in [3.05, 3.63) is 50.6 Å². The van der Waals surface area contributed by atoms with Gasteiger partial charge in [0.15, 0.2) is 0 Å². The summed E-state index contributed by atoms with van der Waals surface area (Å²) >= 11 is 0. The maximum atomic E-state index is 2.29. The Morgan fingerprint density at radius 2 is 1.25 bits per heavy atom. The van der Waals surface area contributed by atoms with Crippen molar-refractivity contribution in [3.63, 3.8) is 0 Å². The van der Waals surface area contributed by atoms with Crippen molar-refractivity contribution >= 4 is 6.08 Å². The van der Waals surface area contributed by atoms with Crippen LogP contribution in [0.15, 0.2) is 17.2 Å². The second kappa shape index (κ2) is 6.43. The van der Waals surface area contributed by atoms with E-state index in [2.05, 4.69) is 74.5 Å². The average molecular weight is 270 g/mol. The van der Waals surface area contributed by atoms with Crippen LogP contribution in [0, 0.1) is 27.7 Å². The normalized spacial score (nSPS) is 11.5. The maximum Gasteiger partial charge on any atom is -0.0192 e. The molecule has 1 aromatic carbocycles. The highest BCUT2D eigenvalue weighted by Gasteiger charge is 2.15. The Balaban J connectivity index is 3.49. The summed E-state index contributed by atoms with van der Waals surface area (Å²) < 4.78 is 0. The zero-order chi connectivity index (χ0) is 15.6. The molecule has 0 heterocycles. The van der Waals surface area contributed by atoms with Gasteiger partial charge in [-0.3, -0.25) is 0 Å². The monoisotopic (exact) mass is 270 g/mol. The highest BCUT2D eigenvalue weighted by molar-refractivity contribution is 5.65. The number of rotatable bonds is 3. The summed E-state index contributed by atoms with van der Waals surface area (Å²) in [6, 6.07) is 0. The van der Waals surface area contributed by atoms with Gasteiger partial charge in [0.25, 0.3) is 0 Å². The van der Waals surface area contributed by atoms with E-state index >= 15 is 0 Å². The predicted molar refractivity (Wildman–Crippen MR) is 92.6 cm³/mol. The van der Waals surface area contributed by atoms with Crippen LogP contribution in [0.4, 0.5) is 0 Å². The first kappa shape index (κ1) is 16.8. The Kier molecular flexibility index (Phi) is 5.39. The SMILES string of the molecule is CC(C)=C(C)C=Cc1c(C)c(C)c(C(C)C)c(C)c1C. The van der Waals surface area contributed by atoms with Crippen LogP contribution in [-0.4, -0.2) is 0 Å². The van der Waals surface area contributed by atoms with Crippen LogP contribution in [0.5, 0.6) is 0 Å². The standard InChI is InChI=1S/C20H30/c1-12(2)14(5)10-11-19-15(6)17(8)20(13(3)4)18(9)16(19)7/h10-11,13H,1-9H3. The minimum absolute atomic E-state index is 0.588. The molecule has 0 amide bonds. The van der Waals surface area contributed by atoms with Gasteiger partial charge in [-0.1, -0.05) is 37.1 Å². The van der Waals surface area contributed by atoms with E-state index in [-0.39, 0.29) is 0 Å². The molecule has 0 radical (unpaired) electrons. The molecule has 0 aromatic heterocycles. The van der Waals surface area contributed by atoms with Crippen LogP contribution in [0.25, 0.3) is 6.08 Å². The van der Waals surface area contributed by atoms with E-state index in [9.17, 15) is 0 Å².